The van der Waals surface area contributed by atoms with Gasteiger partial charge < -0.3 is 10.5 Å². The summed E-state index contributed by atoms with van der Waals surface area (Å²) in [6.45, 7) is 2.63. The highest BCUT2D eigenvalue weighted by atomic mass is 35.5. The van der Waals surface area contributed by atoms with Crippen LogP contribution in [0.15, 0.2) is 17.0 Å². The molecule has 0 amide bonds. The smallest absolute Gasteiger partial charge is 0.240 e. The maximum Gasteiger partial charge on any atom is 0.240 e. The Morgan fingerprint density at radius 1 is 1.37 bits per heavy atom. The van der Waals surface area contributed by atoms with Crippen LogP contribution in [0.4, 0.5) is 5.69 Å². The van der Waals surface area contributed by atoms with Crippen molar-refractivity contribution in [2.24, 2.45) is 0 Å². The number of halogens is 1. The maximum atomic E-state index is 12.1. The van der Waals surface area contributed by atoms with Crippen LogP contribution in [0.5, 0.6) is 0 Å². The molecule has 5 nitrogen and oxygen atoms in total. The topological polar surface area (TPSA) is 81.4 Å². The highest BCUT2D eigenvalue weighted by Gasteiger charge is 2.18. The van der Waals surface area contributed by atoms with Gasteiger partial charge in [0.2, 0.25) is 10.0 Å². The Hall–Kier alpha value is -0.820. The number of sulfonamides is 1. The van der Waals surface area contributed by atoms with Crippen LogP contribution in [0.25, 0.3) is 0 Å². The molecular formula is C12H19ClN2O3S. The predicted molar refractivity (Wildman–Crippen MR) is 76.9 cm³/mol. The maximum absolute atomic E-state index is 12.1. The van der Waals surface area contributed by atoms with Crippen LogP contribution in [0, 0.1) is 6.92 Å². The van der Waals surface area contributed by atoms with Gasteiger partial charge in [-0.2, -0.15) is 0 Å². The summed E-state index contributed by atoms with van der Waals surface area (Å²) in [6.07, 6.45) is 1.51. The van der Waals surface area contributed by atoms with Crippen LogP contribution in [0.2, 0.25) is 5.02 Å². The fourth-order valence-corrected chi connectivity index (χ4v) is 3.27. The minimum atomic E-state index is -3.58. The minimum Gasteiger partial charge on any atom is -0.398 e. The molecular weight excluding hydrogens is 288 g/mol. The van der Waals surface area contributed by atoms with Gasteiger partial charge in [-0.3, -0.25) is 0 Å². The highest BCUT2D eigenvalue weighted by Crippen LogP contribution is 2.25. The van der Waals surface area contributed by atoms with Crippen LogP contribution in [0.3, 0.4) is 0 Å². The lowest BCUT2D eigenvalue weighted by Gasteiger charge is -2.11. The number of nitrogens with two attached hydrogens (primary N) is 1. The van der Waals surface area contributed by atoms with Crippen molar-refractivity contribution >= 4 is 27.3 Å². The largest absolute Gasteiger partial charge is 0.398 e. The predicted octanol–water partition coefficient (Wildman–Crippen LogP) is 1.94. The van der Waals surface area contributed by atoms with E-state index in [0.29, 0.717) is 35.8 Å². The summed E-state index contributed by atoms with van der Waals surface area (Å²) >= 11 is 5.84. The van der Waals surface area contributed by atoms with Crippen molar-refractivity contribution in [3.05, 3.63) is 22.7 Å². The molecule has 108 valence electrons. The van der Waals surface area contributed by atoms with E-state index in [2.05, 4.69) is 4.72 Å². The number of nitrogen functional groups attached to an aromatic ring is 1. The van der Waals surface area contributed by atoms with E-state index in [1.54, 1.807) is 14.0 Å². The van der Waals surface area contributed by atoms with Gasteiger partial charge in [-0.15, -0.1) is 0 Å². The summed E-state index contributed by atoms with van der Waals surface area (Å²) in [5, 5.41) is 0.308. The molecule has 0 saturated carbocycles. The van der Waals surface area contributed by atoms with Gasteiger partial charge in [-0.05, 0) is 37.5 Å². The van der Waals surface area contributed by atoms with Gasteiger partial charge in [0, 0.05) is 31.0 Å². The third kappa shape index (κ3) is 4.65. The van der Waals surface area contributed by atoms with Gasteiger partial charge >= 0.3 is 0 Å². The molecule has 7 heteroatoms. The standard InChI is InChI=1S/C12H19ClN2O3S/c1-9-11(14)7-10(13)8-12(9)19(16,17)15-5-3-4-6-18-2/h7-8,15H,3-6,14H2,1-2H3. The van der Waals surface area contributed by atoms with Crippen molar-refractivity contribution in [3.63, 3.8) is 0 Å². The molecule has 0 atom stereocenters. The lowest BCUT2D eigenvalue weighted by Crippen LogP contribution is -2.26. The highest BCUT2D eigenvalue weighted by molar-refractivity contribution is 7.89. The first kappa shape index (κ1) is 16.2. The molecule has 0 spiro atoms. The zero-order chi connectivity index (χ0) is 14.5. The monoisotopic (exact) mass is 306 g/mol. The van der Waals surface area contributed by atoms with Gasteiger partial charge in [0.1, 0.15) is 0 Å². The summed E-state index contributed by atoms with van der Waals surface area (Å²) in [6, 6.07) is 2.94. The van der Waals surface area contributed by atoms with E-state index in [-0.39, 0.29) is 4.90 Å². The fourth-order valence-electron chi connectivity index (χ4n) is 1.61. The first-order valence-corrected chi connectivity index (χ1v) is 7.79. The molecule has 1 rings (SSSR count). The third-order valence-corrected chi connectivity index (χ3v) is 4.53. The summed E-state index contributed by atoms with van der Waals surface area (Å²) < 4.78 is 31.7. The van der Waals surface area contributed by atoms with Crippen LogP contribution < -0.4 is 10.5 Å². The fraction of sp³-hybridized carbons (Fsp3) is 0.500. The van der Waals surface area contributed by atoms with Gasteiger partial charge in [0.05, 0.1) is 4.90 Å². The van der Waals surface area contributed by atoms with Crippen molar-refractivity contribution in [3.8, 4) is 0 Å². The summed E-state index contributed by atoms with van der Waals surface area (Å²) in [5.41, 5.74) is 6.60. The first-order valence-electron chi connectivity index (χ1n) is 5.92. The second-order valence-corrected chi connectivity index (χ2v) is 6.39. The molecule has 1 aromatic rings. The number of rotatable bonds is 7. The SMILES string of the molecule is COCCCCNS(=O)(=O)c1cc(Cl)cc(N)c1C. The van der Waals surface area contributed by atoms with E-state index in [1.165, 1.54) is 12.1 Å². The van der Waals surface area contributed by atoms with Crippen molar-refractivity contribution in [1.82, 2.24) is 4.72 Å². The van der Waals surface area contributed by atoms with Crippen LogP contribution in [-0.4, -0.2) is 28.7 Å². The molecule has 0 aliphatic heterocycles. The average molecular weight is 307 g/mol. The van der Waals surface area contributed by atoms with E-state index in [1.807, 2.05) is 0 Å². The van der Waals surface area contributed by atoms with Crippen LogP contribution in [0.1, 0.15) is 18.4 Å². The molecule has 0 heterocycles. The number of hydrogen-bond donors (Lipinski definition) is 2. The summed E-state index contributed by atoms with van der Waals surface area (Å²) in [7, 11) is -1.97. The number of nitrogens with one attached hydrogen (secondary N) is 1. The molecule has 0 aromatic heterocycles. The Kier molecular flexibility index (Phi) is 6.06. The molecule has 19 heavy (non-hydrogen) atoms. The zero-order valence-electron chi connectivity index (χ0n) is 11.1. The average Bonchev–Trinajstić information content (AvgIpc) is 2.33. The summed E-state index contributed by atoms with van der Waals surface area (Å²) in [4.78, 5) is 0.129. The Labute approximate surface area is 119 Å². The van der Waals surface area contributed by atoms with E-state index in [9.17, 15) is 8.42 Å². The van der Waals surface area contributed by atoms with Crippen LogP contribution >= 0.6 is 11.6 Å². The van der Waals surface area contributed by atoms with E-state index in [4.69, 9.17) is 22.1 Å². The second-order valence-electron chi connectivity index (χ2n) is 4.22. The van der Waals surface area contributed by atoms with Crippen molar-refractivity contribution in [2.45, 2.75) is 24.7 Å². The normalized spacial score (nSPS) is 11.7. The number of methoxy groups -OCH3 is 1. The van der Waals surface area contributed by atoms with Crippen molar-refractivity contribution in [2.75, 3.05) is 26.0 Å². The molecule has 0 aliphatic carbocycles. The zero-order valence-corrected chi connectivity index (χ0v) is 12.6. The molecule has 0 bridgehead atoms. The Morgan fingerprint density at radius 2 is 2.05 bits per heavy atom. The summed E-state index contributed by atoms with van der Waals surface area (Å²) in [5.74, 6) is 0. The Balaban J connectivity index is 2.78. The lowest BCUT2D eigenvalue weighted by atomic mass is 10.2. The van der Waals surface area contributed by atoms with Crippen molar-refractivity contribution in [1.29, 1.82) is 0 Å². The number of hydrogen-bond acceptors (Lipinski definition) is 4. The Bertz CT molecular complexity index is 532. The lowest BCUT2D eigenvalue weighted by molar-refractivity contribution is 0.193. The third-order valence-electron chi connectivity index (χ3n) is 2.72. The molecule has 0 radical (unpaired) electrons. The number of anilines is 1. The van der Waals surface area contributed by atoms with Gasteiger partial charge in [0.15, 0.2) is 0 Å². The molecule has 1 aromatic carbocycles. The van der Waals surface area contributed by atoms with Gasteiger partial charge in [-0.1, -0.05) is 11.6 Å². The molecule has 0 unspecified atom stereocenters. The molecule has 0 fully saturated rings. The molecule has 0 saturated heterocycles. The van der Waals surface area contributed by atoms with Gasteiger partial charge in [0.25, 0.3) is 0 Å². The van der Waals surface area contributed by atoms with Crippen LogP contribution in [-0.2, 0) is 14.8 Å². The van der Waals surface area contributed by atoms with E-state index < -0.39 is 10.0 Å². The Morgan fingerprint density at radius 3 is 2.68 bits per heavy atom. The van der Waals surface area contributed by atoms with Crippen molar-refractivity contribution < 1.29 is 13.2 Å². The van der Waals surface area contributed by atoms with E-state index >= 15 is 0 Å². The number of unbranched alkanes of at least 4 members (excludes halogenated alkanes) is 1. The number of benzene rings is 1. The number of ether oxygens (including phenoxy) is 1. The molecule has 0 aliphatic rings. The van der Waals surface area contributed by atoms with Gasteiger partial charge in [-0.25, -0.2) is 13.1 Å². The first-order chi connectivity index (χ1) is 8.88. The second kappa shape index (κ2) is 7.09. The van der Waals surface area contributed by atoms with E-state index in [0.717, 1.165) is 6.42 Å². The minimum absolute atomic E-state index is 0.129. The quantitative estimate of drug-likeness (QED) is 0.596. The molecule has 3 N–H and O–H groups in total.